The highest BCUT2D eigenvalue weighted by atomic mass is 35.7. The predicted molar refractivity (Wildman–Crippen MR) is 246 cm³/mol. The molecule has 2 nitrogen and oxygen atoms in total. The monoisotopic (exact) mass is 837 g/mol. The summed E-state index contributed by atoms with van der Waals surface area (Å²) in [5.41, 5.74) is 13.2. The Labute approximate surface area is 327 Å². The summed E-state index contributed by atoms with van der Waals surface area (Å²) in [4.78, 5) is 5.23. The number of allylic oxidation sites excluding steroid dienone is 2. The van der Waals surface area contributed by atoms with Gasteiger partial charge in [0.2, 0.25) is 0 Å². The van der Waals surface area contributed by atoms with E-state index < -0.39 is 42.3 Å². The van der Waals surface area contributed by atoms with E-state index in [2.05, 4.69) is 180 Å². The van der Waals surface area contributed by atoms with Crippen LogP contribution in [0, 0.1) is 0 Å². The van der Waals surface area contributed by atoms with Crippen molar-refractivity contribution in [1.29, 1.82) is 0 Å². The molecule has 1 radical (unpaired) electrons. The van der Waals surface area contributed by atoms with E-state index in [0.29, 0.717) is 23.7 Å². The molecule has 11 heteroatoms. The highest BCUT2D eigenvalue weighted by Gasteiger charge is 2.74. The highest BCUT2D eigenvalue weighted by Crippen LogP contribution is 2.53. The maximum absolute atomic E-state index is 8.78. The van der Waals surface area contributed by atoms with Crippen LogP contribution in [-0.2, 0) is 0 Å². The largest absolute Gasteiger partial charge is 0.298 e. The first kappa shape index (κ1) is 44.1. The fourth-order valence-corrected chi connectivity index (χ4v) is 234. The van der Waals surface area contributed by atoms with Crippen molar-refractivity contribution in [3.05, 3.63) is 81.6 Å². The average molecular weight is 840 g/mol. The minimum Gasteiger partial charge on any atom is -0.298 e. The molecule has 0 unspecified atom stereocenters. The van der Waals surface area contributed by atoms with Gasteiger partial charge in [-0.05, 0) is 65.5 Å². The zero-order valence-corrected chi connectivity index (χ0v) is 43.1. The molecule has 279 valence electrons. The molecule has 0 aliphatic carbocycles. The fourth-order valence-electron chi connectivity index (χ4n) is 10.5. The number of benzene rings is 2. The lowest BCUT2D eigenvalue weighted by molar-refractivity contribution is 0.817. The van der Waals surface area contributed by atoms with Gasteiger partial charge in [-0.25, -0.2) is 0 Å². The minimum atomic E-state index is -3.01. The van der Waals surface area contributed by atoms with Crippen molar-refractivity contribution in [3.8, 4) is 0 Å². The molecule has 1 aliphatic heterocycles. The standard InChI is InChI=1S/C39H68Cl3N2Si6/c1-27(2)33-22-20-23-34(28(3)4)38(33)43-31(9)32(10)44(39-35(29(5)6)24-21-25-36(39)30(7)8)37(43)26-49(42,45(40)41)50(46(11,12)13,47(14,15)16)48(17,18)19/h20-30H,1-19H3/t49-/m1/s1. The Hall–Kier alpha value is -0.309. The van der Waals surface area contributed by atoms with Crippen molar-refractivity contribution in [2.45, 2.75) is 152 Å². The zero-order chi connectivity index (χ0) is 38.7. The molecular weight excluding hydrogens is 771 g/mol. The molecule has 0 saturated carbocycles. The molecule has 1 atom stereocenters. The fraction of sp³-hybridized carbons (Fsp3) is 0.590. The molecule has 0 spiro atoms. The SMILES string of the molecule is CC1=C(C)N(c2c(C(C)C)cccc2C(C)C)C(=C[Si@@](Cl)([Si](Cl)Cl)[Si]([Si](C)(C)C)([Si](C)(C)C)[Si](C)(C)C)N1c1c(C(C)C)cccc1C(C)C. The van der Waals surface area contributed by atoms with Gasteiger partial charge >= 0.3 is 0 Å². The van der Waals surface area contributed by atoms with Crippen molar-refractivity contribution in [1.82, 2.24) is 0 Å². The number of halogens is 3. The lowest BCUT2D eigenvalue weighted by Crippen LogP contribution is -2.94. The molecule has 0 fully saturated rings. The number of para-hydroxylation sites is 2. The normalized spacial score (nSPS) is 16.7. The van der Waals surface area contributed by atoms with Gasteiger partial charge in [-0.15, -0.1) is 22.2 Å². The number of hydrogen-bond acceptors (Lipinski definition) is 2. The van der Waals surface area contributed by atoms with E-state index in [4.69, 9.17) is 33.2 Å². The lowest BCUT2D eigenvalue weighted by Gasteiger charge is -2.63. The molecule has 0 N–H and O–H groups in total. The van der Waals surface area contributed by atoms with E-state index in [1.54, 1.807) is 0 Å². The molecule has 1 aliphatic rings. The van der Waals surface area contributed by atoms with Gasteiger partial charge in [0.05, 0.1) is 17.5 Å². The first-order valence-electron chi connectivity index (χ1n) is 18.7. The molecule has 3 rings (SSSR count). The predicted octanol–water partition coefficient (Wildman–Crippen LogP) is 14.1. The third-order valence-corrected chi connectivity index (χ3v) is 149. The molecule has 1 heterocycles. The second-order valence-corrected chi connectivity index (χ2v) is 83.9. The van der Waals surface area contributed by atoms with Crippen LogP contribution in [0.2, 0.25) is 58.9 Å². The van der Waals surface area contributed by atoms with Crippen LogP contribution < -0.4 is 9.80 Å². The maximum atomic E-state index is 8.78. The van der Waals surface area contributed by atoms with Gasteiger partial charge in [-0.2, -0.15) is 11.1 Å². The lowest BCUT2D eigenvalue weighted by atomic mass is 9.91. The Bertz CT molecular complexity index is 1440. The Morgan fingerprint density at radius 2 is 0.800 bits per heavy atom. The van der Waals surface area contributed by atoms with Crippen LogP contribution in [0.4, 0.5) is 11.4 Å². The summed E-state index contributed by atoms with van der Waals surface area (Å²) < 4.78 is 0. The quantitative estimate of drug-likeness (QED) is 0.155. The Kier molecular flexibility index (Phi) is 13.6. The van der Waals surface area contributed by atoms with E-state index in [0.717, 1.165) is 0 Å². The average Bonchev–Trinajstić information content (AvgIpc) is 3.17. The molecule has 0 amide bonds. The van der Waals surface area contributed by atoms with Crippen LogP contribution >= 0.6 is 33.2 Å². The first-order chi connectivity index (χ1) is 22.6. The van der Waals surface area contributed by atoms with Crippen LogP contribution in [-0.4, -0.2) is 42.3 Å². The van der Waals surface area contributed by atoms with Gasteiger partial charge in [0, 0.05) is 34.2 Å². The third-order valence-electron chi connectivity index (χ3n) is 11.3. The Morgan fingerprint density at radius 1 is 0.540 bits per heavy atom. The van der Waals surface area contributed by atoms with E-state index in [1.807, 2.05) is 0 Å². The molecule has 50 heavy (non-hydrogen) atoms. The van der Waals surface area contributed by atoms with Gasteiger partial charge in [-0.3, -0.25) is 9.80 Å². The molecule has 0 aromatic heterocycles. The zero-order valence-electron chi connectivity index (χ0n) is 34.9. The first-order valence-corrected chi connectivity index (χ1v) is 42.9. The van der Waals surface area contributed by atoms with E-state index in [9.17, 15) is 0 Å². The topological polar surface area (TPSA) is 6.48 Å². The molecular formula is C39H68Cl3N2Si6. The molecule has 2 aromatic rings. The van der Waals surface area contributed by atoms with Crippen LogP contribution in [0.5, 0.6) is 0 Å². The minimum absolute atomic E-state index is 0.347. The smallest absolute Gasteiger partial charge is 0.278 e. The highest BCUT2D eigenvalue weighted by molar-refractivity contribution is 8.20. The molecule has 0 saturated heterocycles. The van der Waals surface area contributed by atoms with E-state index in [1.165, 1.54) is 50.8 Å². The van der Waals surface area contributed by atoms with Gasteiger partial charge in [-0.1, -0.05) is 151 Å². The summed E-state index contributed by atoms with van der Waals surface area (Å²) in [6, 6.07) is 13.9. The Balaban J connectivity index is 2.80. The van der Waals surface area contributed by atoms with Gasteiger partial charge in [0.25, 0.3) is 6.93 Å². The van der Waals surface area contributed by atoms with E-state index >= 15 is 0 Å². The van der Waals surface area contributed by atoms with Gasteiger partial charge in [0.1, 0.15) is 5.82 Å². The molecule has 2 aromatic carbocycles. The van der Waals surface area contributed by atoms with Crippen LogP contribution in [0.1, 0.15) is 115 Å². The van der Waals surface area contributed by atoms with Crippen molar-refractivity contribution in [2.75, 3.05) is 9.80 Å². The Morgan fingerprint density at radius 3 is 1.00 bits per heavy atom. The van der Waals surface area contributed by atoms with Crippen LogP contribution in [0.3, 0.4) is 0 Å². The maximum Gasteiger partial charge on any atom is 0.278 e. The third kappa shape index (κ3) is 7.38. The second kappa shape index (κ2) is 15.4. The van der Waals surface area contributed by atoms with Gasteiger partial charge in [0.15, 0.2) is 6.42 Å². The number of nitrogens with zero attached hydrogens (tertiary/aromatic N) is 2. The summed E-state index contributed by atoms with van der Waals surface area (Å²) in [7, 11) is -5.63. The van der Waals surface area contributed by atoms with Crippen LogP contribution in [0.15, 0.2) is 59.3 Å². The van der Waals surface area contributed by atoms with Crippen molar-refractivity contribution in [3.63, 3.8) is 0 Å². The molecule has 0 bridgehead atoms. The van der Waals surface area contributed by atoms with Crippen molar-refractivity contribution >= 4 is 86.9 Å². The summed E-state index contributed by atoms with van der Waals surface area (Å²) in [5.74, 6) is 2.57. The summed E-state index contributed by atoms with van der Waals surface area (Å²) >= 11 is 24.1. The second-order valence-electron chi connectivity index (χ2n) is 19.0. The van der Waals surface area contributed by atoms with Crippen molar-refractivity contribution < 1.29 is 0 Å². The number of anilines is 2. The van der Waals surface area contributed by atoms with Gasteiger partial charge < -0.3 is 0 Å². The summed E-state index contributed by atoms with van der Waals surface area (Å²) in [6.45, 7) is 45.0. The number of rotatable bonds is 12. The summed E-state index contributed by atoms with van der Waals surface area (Å²) in [6.07, 6.45) is -5.28. The van der Waals surface area contributed by atoms with Crippen LogP contribution in [0.25, 0.3) is 0 Å². The van der Waals surface area contributed by atoms with Crippen molar-refractivity contribution in [2.24, 2.45) is 0 Å². The van der Waals surface area contributed by atoms with E-state index in [-0.39, 0.29) is 0 Å². The number of hydrogen-bond donors (Lipinski definition) is 0. The summed E-state index contributed by atoms with van der Waals surface area (Å²) in [5, 5.41) is 0.